The predicted molar refractivity (Wildman–Crippen MR) is 103 cm³/mol. The zero-order chi connectivity index (χ0) is 17.3. The lowest BCUT2D eigenvalue weighted by Gasteiger charge is -2.18. The van der Waals surface area contributed by atoms with Gasteiger partial charge in [-0.1, -0.05) is 36.4 Å². The first-order chi connectivity index (χ1) is 12.1. The summed E-state index contributed by atoms with van der Waals surface area (Å²) in [7, 11) is -3.61. The van der Waals surface area contributed by atoms with Gasteiger partial charge in [-0.25, -0.2) is 8.42 Å². The van der Waals surface area contributed by atoms with Crippen molar-refractivity contribution in [2.24, 2.45) is 0 Å². The average Bonchev–Trinajstić information content (AvgIpc) is 3.16. The molecule has 1 aliphatic rings. The number of benzene rings is 3. The number of hydrogen-bond donors (Lipinski definition) is 1. The minimum Gasteiger partial charge on any atom is -0.371 e. The third-order valence-electron chi connectivity index (χ3n) is 4.60. The Bertz CT molecular complexity index is 1010. The third-order valence-corrected chi connectivity index (χ3v) is 5.98. The molecule has 128 valence electrons. The summed E-state index contributed by atoms with van der Waals surface area (Å²) in [5, 5.41) is 1.94. The first-order valence-corrected chi connectivity index (χ1v) is 9.97. The molecule has 0 aliphatic carbocycles. The molecule has 3 aromatic carbocycles. The summed E-state index contributed by atoms with van der Waals surface area (Å²) in [6.45, 7) is 2.06. The molecule has 0 amide bonds. The van der Waals surface area contributed by atoms with Crippen LogP contribution >= 0.6 is 0 Å². The van der Waals surface area contributed by atoms with E-state index in [-0.39, 0.29) is 4.90 Å². The van der Waals surface area contributed by atoms with E-state index in [0.29, 0.717) is 5.69 Å². The van der Waals surface area contributed by atoms with E-state index < -0.39 is 10.0 Å². The van der Waals surface area contributed by atoms with Gasteiger partial charge in [0.05, 0.1) is 10.6 Å². The van der Waals surface area contributed by atoms with E-state index in [9.17, 15) is 8.42 Å². The van der Waals surface area contributed by atoms with Crippen molar-refractivity contribution >= 4 is 32.2 Å². The fourth-order valence-corrected chi connectivity index (χ4v) is 4.37. The van der Waals surface area contributed by atoms with E-state index in [1.165, 1.54) is 12.8 Å². The normalized spacial score (nSPS) is 14.8. The van der Waals surface area contributed by atoms with Gasteiger partial charge in [0.2, 0.25) is 0 Å². The molecular formula is C20H20N2O2S. The molecule has 1 heterocycles. The van der Waals surface area contributed by atoms with Crippen LogP contribution in [0.5, 0.6) is 0 Å². The molecule has 0 spiro atoms. The van der Waals surface area contributed by atoms with Crippen molar-refractivity contribution in [1.82, 2.24) is 0 Å². The summed E-state index contributed by atoms with van der Waals surface area (Å²) in [6, 6.07) is 20.6. The lowest BCUT2D eigenvalue weighted by atomic mass is 10.1. The van der Waals surface area contributed by atoms with Crippen molar-refractivity contribution in [2.45, 2.75) is 17.7 Å². The Hall–Kier alpha value is -2.53. The molecule has 1 N–H and O–H groups in total. The Morgan fingerprint density at radius 1 is 0.800 bits per heavy atom. The van der Waals surface area contributed by atoms with Crippen LogP contribution < -0.4 is 9.62 Å². The summed E-state index contributed by atoms with van der Waals surface area (Å²) in [6.07, 6.45) is 2.38. The van der Waals surface area contributed by atoms with E-state index >= 15 is 0 Å². The SMILES string of the molecule is O=S(=O)(Nc1cccc(N2CCCC2)c1)c1ccc2ccccc2c1. The molecule has 0 radical (unpaired) electrons. The number of hydrogen-bond acceptors (Lipinski definition) is 3. The second kappa shape index (κ2) is 6.41. The van der Waals surface area contributed by atoms with Crippen LogP contribution in [0.15, 0.2) is 71.6 Å². The molecule has 1 aliphatic heterocycles. The molecule has 5 heteroatoms. The van der Waals surface area contributed by atoms with Gasteiger partial charge in [-0.2, -0.15) is 0 Å². The highest BCUT2D eigenvalue weighted by atomic mass is 32.2. The van der Waals surface area contributed by atoms with E-state index in [0.717, 1.165) is 29.5 Å². The Balaban J connectivity index is 1.63. The predicted octanol–water partition coefficient (Wildman–Crippen LogP) is 4.24. The lowest BCUT2D eigenvalue weighted by molar-refractivity contribution is 0.601. The van der Waals surface area contributed by atoms with Gasteiger partial charge in [-0.05, 0) is 53.9 Å². The number of rotatable bonds is 4. The minimum atomic E-state index is -3.61. The number of fused-ring (bicyclic) bond motifs is 1. The average molecular weight is 352 g/mol. The summed E-state index contributed by atoms with van der Waals surface area (Å²) in [5.74, 6) is 0. The van der Waals surface area contributed by atoms with Gasteiger partial charge >= 0.3 is 0 Å². The highest BCUT2D eigenvalue weighted by Gasteiger charge is 2.16. The van der Waals surface area contributed by atoms with Crippen molar-refractivity contribution in [3.8, 4) is 0 Å². The molecule has 0 aromatic heterocycles. The van der Waals surface area contributed by atoms with Gasteiger partial charge < -0.3 is 4.90 Å². The zero-order valence-corrected chi connectivity index (χ0v) is 14.7. The van der Waals surface area contributed by atoms with Gasteiger partial charge in [0.25, 0.3) is 10.0 Å². The maximum atomic E-state index is 12.8. The fourth-order valence-electron chi connectivity index (χ4n) is 3.29. The first-order valence-electron chi connectivity index (χ1n) is 8.48. The number of nitrogens with zero attached hydrogens (tertiary/aromatic N) is 1. The number of nitrogens with one attached hydrogen (secondary N) is 1. The molecule has 0 atom stereocenters. The third kappa shape index (κ3) is 3.33. The summed E-state index contributed by atoms with van der Waals surface area (Å²) >= 11 is 0. The molecule has 25 heavy (non-hydrogen) atoms. The molecular weight excluding hydrogens is 332 g/mol. The molecule has 0 bridgehead atoms. The zero-order valence-electron chi connectivity index (χ0n) is 13.9. The summed E-state index contributed by atoms with van der Waals surface area (Å²) < 4.78 is 28.2. The van der Waals surface area contributed by atoms with Crippen LogP contribution in [-0.4, -0.2) is 21.5 Å². The Kier molecular flexibility index (Phi) is 4.09. The van der Waals surface area contributed by atoms with Crippen LogP contribution in [0.1, 0.15) is 12.8 Å². The van der Waals surface area contributed by atoms with E-state index in [1.807, 2.05) is 48.5 Å². The van der Waals surface area contributed by atoms with Crippen LogP contribution in [0.25, 0.3) is 10.8 Å². The molecule has 0 saturated carbocycles. The maximum Gasteiger partial charge on any atom is 0.261 e. The van der Waals surface area contributed by atoms with E-state index in [2.05, 4.69) is 9.62 Å². The van der Waals surface area contributed by atoms with Crippen molar-refractivity contribution in [1.29, 1.82) is 0 Å². The topological polar surface area (TPSA) is 49.4 Å². The highest BCUT2D eigenvalue weighted by Crippen LogP contribution is 2.26. The van der Waals surface area contributed by atoms with Gasteiger partial charge in [-0.3, -0.25) is 4.72 Å². The smallest absolute Gasteiger partial charge is 0.261 e. The first kappa shape index (κ1) is 16.0. The van der Waals surface area contributed by atoms with Crippen LogP contribution in [0, 0.1) is 0 Å². The molecule has 4 rings (SSSR count). The summed E-state index contributed by atoms with van der Waals surface area (Å²) in [4.78, 5) is 2.56. The van der Waals surface area contributed by atoms with Crippen LogP contribution in [0.4, 0.5) is 11.4 Å². The second-order valence-corrected chi connectivity index (χ2v) is 8.04. The standard InChI is InChI=1S/C20H20N2O2S/c23-25(24,20-11-10-16-6-1-2-7-17(16)14-20)21-18-8-5-9-19(15-18)22-12-3-4-13-22/h1-2,5-11,14-15,21H,3-4,12-13H2. The highest BCUT2D eigenvalue weighted by molar-refractivity contribution is 7.92. The molecule has 0 unspecified atom stereocenters. The molecule has 3 aromatic rings. The van der Waals surface area contributed by atoms with E-state index in [4.69, 9.17) is 0 Å². The van der Waals surface area contributed by atoms with Crippen molar-refractivity contribution < 1.29 is 8.42 Å². The van der Waals surface area contributed by atoms with Crippen molar-refractivity contribution in [3.63, 3.8) is 0 Å². The monoisotopic (exact) mass is 352 g/mol. The van der Waals surface area contributed by atoms with Gasteiger partial charge in [0.15, 0.2) is 0 Å². The van der Waals surface area contributed by atoms with Gasteiger partial charge in [-0.15, -0.1) is 0 Å². The number of sulfonamides is 1. The second-order valence-electron chi connectivity index (χ2n) is 6.36. The minimum absolute atomic E-state index is 0.276. The largest absolute Gasteiger partial charge is 0.371 e. The van der Waals surface area contributed by atoms with Gasteiger partial charge in [0.1, 0.15) is 0 Å². The Morgan fingerprint density at radius 3 is 2.36 bits per heavy atom. The molecule has 1 saturated heterocycles. The van der Waals surface area contributed by atoms with Crippen LogP contribution in [-0.2, 0) is 10.0 Å². The van der Waals surface area contributed by atoms with Crippen molar-refractivity contribution in [3.05, 3.63) is 66.7 Å². The van der Waals surface area contributed by atoms with Crippen LogP contribution in [0.3, 0.4) is 0 Å². The molecule has 4 nitrogen and oxygen atoms in total. The quantitative estimate of drug-likeness (QED) is 0.764. The van der Waals surface area contributed by atoms with Crippen molar-refractivity contribution in [2.75, 3.05) is 22.7 Å². The van der Waals surface area contributed by atoms with Gasteiger partial charge in [0, 0.05) is 18.8 Å². The Labute approximate surface area is 148 Å². The summed E-state index contributed by atoms with van der Waals surface area (Å²) in [5.41, 5.74) is 1.66. The molecule has 1 fully saturated rings. The number of anilines is 2. The van der Waals surface area contributed by atoms with Crippen LogP contribution in [0.2, 0.25) is 0 Å². The van der Waals surface area contributed by atoms with E-state index in [1.54, 1.807) is 18.2 Å². The fraction of sp³-hybridized carbons (Fsp3) is 0.200. The maximum absolute atomic E-state index is 12.8. The lowest BCUT2D eigenvalue weighted by Crippen LogP contribution is -2.18. The Morgan fingerprint density at radius 2 is 1.56 bits per heavy atom.